The van der Waals surface area contributed by atoms with Crippen molar-refractivity contribution in [2.75, 3.05) is 19.5 Å². The minimum absolute atomic E-state index is 0.0397. The Labute approximate surface area is 199 Å². The molecule has 0 fully saturated rings. The molecule has 0 amide bonds. The number of allylic oxidation sites excluding steroid dienone is 1. The molecule has 0 unspecified atom stereocenters. The molecule has 0 saturated carbocycles. The number of imidazole rings is 1. The number of nitrogens with zero attached hydrogens (tertiary/aromatic N) is 2. The molecule has 0 bridgehead atoms. The van der Waals surface area contributed by atoms with Gasteiger partial charge in [-0.15, -0.1) is 0 Å². The number of methoxy groups -OCH3 is 2. The molecule has 3 aromatic carbocycles. The second-order valence-corrected chi connectivity index (χ2v) is 8.01. The predicted molar refractivity (Wildman–Crippen MR) is 127 cm³/mol. The van der Waals surface area contributed by atoms with E-state index in [4.69, 9.17) is 30.8 Å². The molecule has 1 N–H and O–H groups in total. The smallest absolute Gasteiger partial charge is 0.387 e. The quantitative estimate of drug-likeness (QED) is 0.345. The van der Waals surface area contributed by atoms with Gasteiger partial charge in [0, 0.05) is 16.1 Å². The van der Waals surface area contributed by atoms with Crippen LogP contribution in [-0.2, 0) is 0 Å². The minimum atomic E-state index is -3.00. The van der Waals surface area contributed by atoms with Crippen LogP contribution in [0.5, 0.6) is 17.2 Å². The molecule has 6 nitrogen and oxygen atoms in total. The number of alkyl halides is 2. The molecule has 1 aromatic heterocycles. The van der Waals surface area contributed by atoms with Gasteiger partial charge in [-0.05, 0) is 54.6 Å². The van der Waals surface area contributed by atoms with Crippen molar-refractivity contribution in [1.29, 1.82) is 0 Å². The summed E-state index contributed by atoms with van der Waals surface area (Å²) in [5.41, 5.74) is 3.47. The predicted octanol–water partition coefficient (Wildman–Crippen LogP) is 6.36. The fourth-order valence-corrected chi connectivity index (χ4v) is 4.34. The maximum absolute atomic E-state index is 13.1. The summed E-state index contributed by atoms with van der Waals surface area (Å²) < 4.78 is 44.2. The Morgan fingerprint density at radius 2 is 1.82 bits per heavy atom. The number of ether oxygens (including phenoxy) is 3. The van der Waals surface area contributed by atoms with E-state index in [2.05, 4.69) is 5.32 Å². The number of hydrogen-bond donors (Lipinski definition) is 1. The van der Waals surface area contributed by atoms with Gasteiger partial charge in [0.05, 0.1) is 37.0 Å². The van der Waals surface area contributed by atoms with Gasteiger partial charge < -0.3 is 19.5 Å². The lowest BCUT2D eigenvalue weighted by molar-refractivity contribution is -0.0500. The van der Waals surface area contributed by atoms with Crippen molar-refractivity contribution in [1.82, 2.24) is 9.55 Å². The summed E-state index contributed by atoms with van der Waals surface area (Å²) in [5.74, 6) is 1.81. The van der Waals surface area contributed by atoms with E-state index in [1.807, 2.05) is 53.1 Å². The fourth-order valence-electron chi connectivity index (χ4n) is 4.18. The number of para-hydroxylation sites is 2. The van der Waals surface area contributed by atoms with Crippen molar-refractivity contribution in [3.63, 3.8) is 0 Å². The zero-order valence-corrected chi connectivity index (χ0v) is 19.0. The van der Waals surface area contributed by atoms with E-state index >= 15 is 0 Å². The molecule has 0 spiro atoms. The zero-order chi connectivity index (χ0) is 23.8. The number of rotatable bonds is 6. The molecule has 0 radical (unpaired) electrons. The molecule has 0 saturated heterocycles. The molecular formula is C25H20ClF2N3O3. The monoisotopic (exact) mass is 483 g/mol. The van der Waals surface area contributed by atoms with Crippen LogP contribution in [0.25, 0.3) is 16.7 Å². The first-order chi connectivity index (χ1) is 16.5. The largest absolute Gasteiger partial charge is 0.497 e. The summed E-state index contributed by atoms with van der Waals surface area (Å²) >= 11 is 6.06. The lowest BCUT2D eigenvalue weighted by Crippen LogP contribution is -2.20. The highest BCUT2D eigenvalue weighted by molar-refractivity contribution is 6.30. The van der Waals surface area contributed by atoms with E-state index < -0.39 is 12.7 Å². The number of halogens is 3. The van der Waals surface area contributed by atoms with Crippen LogP contribution in [0.4, 0.5) is 14.7 Å². The first kappa shape index (κ1) is 22.0. The number of aromatic nitrogens is 2. The van der Waals surface area contributed by atoms with E-state index in [9.17, 15) is 8.78 Å². The van der Waals surface area contributed by atoms with Crippen molar-refractivity contribution in [2.45, 2.75) is 12.7 Å². The molecule has 4 aromatic rings. The maximum Gasteiger partial charge on any atom is 0.387 e. The first-order valence-corrected chi connectivity index (χ1v) is 10.8. The van der Waals surface area contributed by atoms with Crippen molar-refractivity contribution in [3.05, 3.63) is 82.9 Å². The summed E-state index contributed by atoms with van der Waals surface area (Å²) in [7, 11) is 3.19. The summed E-state index contributed by atoms with van der Waals surface area (Å²) in [6, 6.07) is 17.5. The minimum Gasteiger partial charge on any atom is -0.497 e. The molecule has 1 atom stereocenters. The highest BCUT2D eigenvalue weighted by Gasteiger charge is 2.29. The van der Waals surface area contributed by atoms with Gasteiger partial charge in [-0.3, -0.25) is 4.57 Å². The van der Waals surface area contributed by atoms with E-state index in [1.165, 1.54) is 6.07 Å². The lowest BCUT2D eigenvalue weighted by Gasteiger charge is -2.28. The van der Waals surface area contributed by atoms with Gasteiger partial charge in [-0.2, -0.15) is 8.78 Å². The molecular weight excluding hydrogens is 464 g/mol. The second-order valence-electron chi connectivity index (χ2n) is 7.57. The van der Waals surface area contributed by atoms with Crippen molar-refractivity contribution < 1.29 is 23.0 Å². The van der Waals surface area contributed by atoms with Crippen molar-refractivity contribution in [3.8, 4) is 17.2 Å². The molecule has 1 aliphatic heterocycles. The SMILES string of the molecule is COc1ccc(OC)c([C@@H]2C=C(c3ccc(Cl)cc3OC(F)F)Nc3nc4ccccc4n32)c1. The van der Waals surface area contributed by atoms with Crippen LogP contribution >= 0.6 is 11.6 Å². The van der Waals surface area contributed by atoms with E-state index in [1.54, 1.807) is 26.4 Å². The third-order valence-electron chi connectivity index (χ3n) is 5.65. The zero-order valence-electron chi connectivity index (χ0n) is 18.3. The molecule has 9 heteroatoms. The number of benzene rings is 3. The standard InChI is InChI=1S/C25H20ClF2N3O3/c1-32-15-8-10-22(33-2)17(12-15)21-13-19(16-9-7-14(26)11-23(16)34-24(27)28)30-25-29-18-5-3-4-6-20(18)31(21)25/h3-13,21,24H,1-2H3,(H,29,30)/t21-/m0/s1. The first-order valence-electron chi connectivity index (χ1n) is 10.4. The van der Waals surface area contributed by atoms with Gasteiger partial charge in [0.15, 0.2) is 0 Å². The summed E-state index contributed by atoms with van der Waals surface area (Å²) in [6.45, 7) is -3.00. The van der Waals surface area contributed by atoms with E-state index in [0.29, 0.717) is 28.7 Å². The third kappa shape index (κ3) is 3.90. The van der Waals surface area contributed by atoms with Gasteiger partial charge in [0.2, 0.25) is 5.95 Å². The molecule has 34 heavy (non-hydrogen) atoms. The highest BCUT2D eigenvalue weighted by Crippen LogP contribution is 2.42. The van der Waals surface area contributed by atoms with Crippen LogP contribution < -0.4 is 19.5 Å². The van der Waals surface area contributed by atoms with Crippen LogP contribution in [0, 0.1) is 0 Å². The van der Waals surface area contributed by atoms with Crippen LogP contribution in [0.1, 0.15) is 17.2 Å². The molecule has 174 valence electrons. The average molecular weight is 484 g/mol. The number of fused-ring (bicyclic) bond motifs is 3. The van der Waals surface area contributed by atoms with Crippen LogP contribution in [0.2, 0.25) is 5.02 Å². The van der Waals surface area contributed by atoms with E-state index in [-0.39, 0.29) is 10.8 Å². The van der Waals surface area contributed by atoms with E-state index in [0.717, 1.165) is 16.6 Å². The average Bonchev–Trinajstić information content (AvgIpc) is 3.21. The Kier molecular flexibility index (Phi) is 5.75. The van der Waals surface area contributed by atoms with Gasteiger partial charge in [0.25, 0.3) is 0 Å². The highest BCUT2D eigenvalue weighted by atomic mass is 35.5. The van der Waals surface area contributed by atoms with Crippen LogP contribution in [0.15, 0.2) is 66.7 Å². The van der Waals surface area contributed by atoms with Gasteiger partial charge in [-0.25, -0.2) is 4.98 Å². The summed E-state index contributed by atoms with van der Waals surface area (Å²) in [6.07, 6.45) is 1.92. The Balaban J connectivity index is 1.74. The van der Waals surface area contributed by atoms with Crippen molar-refractivity contribution >= 4 is 34.3 Å². The van der Waals surface area contributed by atoms with Gasteiger partial charge >= 0.3 is 6.61 Å². The topological polar surface area (TPSA) is 57.5 Å². The second kappa shape index (κ2) is 8.87. The summed E-state index contributed by atoms with van der Waals surface area (Å²) in [4.78, 5) is 4.73. The Bertz CT molecular complexity index is 1400. The maximum atomic E-state index is 13.1. The summed E-state index contributed by atoms with van der Waals surface area (Å²) in [5, 5.41) is 3.56. The number of anilines is 1. The van der Waals surface area contributed by atoms with Gasteiger partial charge in [-0.1, -0.05) is 23.7 Å². The van der Waals surface area contributed by atoms with Crippen molar-refractivity contribution in [2.24, 2.45) is 0 Å². The normalized spacial score (nSPS) is 15.0. The van der Waals surface area contributed by atoms with Gasteiger partial charge in [0.1, 0.15) is 17.2 Å². The molecule has 0 aliphatic carbocycles. The van der Waals surface area contributed by atoms with Crippen LogP contribution in [-0.4, -0.2) is 30.4 Å². The molecule has 1 aliphatic rings. The number of hydrogen-bond acceptors (Lipinski definition) is 5. The number of nitrogens with one attached hydrogen (secondary N) is 1. The Morgan fingerprint density at radius 1 is 1.00 bits per heavy atom. The molecule has 5 rings (SSSR count). The third-order valence-corrected chi connectivity index (χ3v) is 5.89. The molecule has 2 heterocycles. The fraction of sp³-hybridized carbons (Fsp3) is 0.160. The Morgan fingerprint density at radius 3 is 2.59 bits per heavy atom. The lowest BCUT2D eigenvalue weighted by atomic mass is 9.99. The Hall–Kier alpha value is -3.78. The van der Waals surface area contributed by atoms with Crippen LogP contribution in [0.3, 0.4) is 0 Å².